The van der Waals surface area contributed by atoms with Gasteiger partial charge in [-0.15, -0.1) is 0 Å². The highest BCUT2D eigenvalue weighted by Crippen LogP contribution is 2.32. The van der Waals surface area contributed by atoms with Crippen LogP contribution in [0.1, 0.15) is 5.82 Å². The third kappa shape index (κ3) is 3.85. The van der Waals surface area contributed by atoms with Gasteiger partial charge in [0.05, 0.1) is 19.9 Å². The number of aromatic nitrogens is 2. The SMILES string of the molecule is COc1ccc(OC)c(Nc2cc(N(C)c3ccccc3)nc(C)n2)c1. The van der Waals surface area contributed by atoms with E-state index in [1.54, 1.807) is 14.2 Å². The molecule has 0 bridgehead atoms. The summed E-state index contributed by atoms with van der Waals surface area (Å²) in [5, 5.41) is 3.30. The smallest absolute Gasteiger partial charge is 0.142 e. The number of nitrogens with one attached hydrogen (secondary N) is 1. The molecule has 0 fully saturated rings. The monoisotopic (exact) mass is 350 g/mol. The molecule has 0 saturated carbocycles. The van der Waals surface area contributed by atoms with Crippen LogP contribution in [0.5, 0.6) is 11.5 Å². The van der Waals surface area contributed by atoms with E-state index < -0.39 is 0 Å². The molecule has 134 valence electrons. The molecule has 0 amide bonds. The minimum atomic E-state index is 0.676. The van der Waals surface area contributed by atoms with Gasteiger partial charge < -0.3 is 19.7 Å². The highest BCUT2D eigenvalue weighted by molar-refractivity contribution is 5.69. The number of hydrogen-bond donors (Lipinski definition) is 1. The largest absolute Gasteiger partial charge is 0.497 e. The second-order valence-corrected chi connectivity index (χ2v) is 5.74. The third-order valence-corrected chi connectivity index (χ3v) is 3.98. The minimum Gasteiger partial charge on any atom is -0.497 e. The molecule has 0 aliphatic rings. The molecule has 1 heterocycles. The normalized spacial score (nSPS) is 10.3. The Morgan fingerprint density at radius 1 is 0.923 bits per heavy atom. The van der Waals surface area contributed by atoms with Crippen LogP contribution in [0.15, 0.2) is 54.6 Å². The molecule has 26 heavy (non-hydrogen) atoms. The maximum Gasteiger partial charge on any atom is 0.142 e. The van der Waals surface area contributed by atoms with E-state index in [0.29, 0.717) is 17.4 Å². The molecular weight excluding hydrogens is 328 g/mol. The van der Waals surface area contributed by atoms with Gasteiger partial charge in [-0.25, -0.2) is 9.97 Å². The second kappa shape index (κ2) is 7.74. The zero-order chi connectivity index (χ0) is 18.5. The van der Waals surface area contributed by atoms with Crippen molar-refractivity contribution in [2.45, 2.75) is 6.92 Å². The molecule has 2 aromatic carbocycles. The van der Waals surface area contributed by atoms with Crippen LogP contribution in [-0.2, 0) is 0 Å². The van der Waals surface area contributed by atoms with Crippen molar-refractivity contribution >= 4 is 23.0 Å². The van der Waals surface area contributed by atoms with Crippen molar-refractivity contribution < 1.29 is 9.47 Å². The topological polar surface area (TPSA) is 59.5 Å². The molecule has 0 unspecified atom stereocenters. The molecule has 6 heteroatoms. The van der Waals surface area contributed by atoms with Gasteiger partial charge in [0, 0.05) is 24.9 Å². The molecule has 0 atom stereocenters. The zero-order valence-corrected chi connectivity index (χ0v) is 15.4. The van der Waals surface area contributed by atoms with Gasteiger partial charge in [-0.2, -0.15) is 0 Å². The van der Waals surface area contributed by atoms with E-state index >= 15 is 0 Å². The summed E-state index contributed by atoms with van der Waals surface area (Å²) in [4.78, 5) is 11.1. The maximum atomic E-state index is 5.42. The predicted molar refractivity (Wildman–Crippen MR) is 104 cm³/mol. The lowest BCUT2D eigenvalue weighted by molar-refractivity contribution is 0.405. The van der Waals surface area contributed by atoms with Crippen molar-refractivity contribution in [2.24, 2.45) is 0 Å². The lowest BCUT2D eigenvalue weighted by atomic mass is 10.2. The summed E-state index contributed by atoms with van der Waals surface area (Å²) in [5.41, 5.74) is 1.83. The van der Waals surface area contributed by atoms with Crippen LogP contribution in [0.2, 0.25) is 0 Å². The van der Waals surface area contributed by atoms with Gasteiger partial charge in [0.15, 0.2) is 0 Å². The first kappa shape index (κ1) is 17.5. The van der Waals surface area contributed by atoms with E-state index in [2.05, 4.69) is 15.3 Å². The molecule has 1 aromatic heterocycles. The standard InChI is InChI=1S/C20H22N4O2/c1-14-21-19(23-17-12-16(25-3)10-11-18(17)26-4)13-20(22-14)24(2)15-8-6-5-7-9-15/h5-13H,1-4H3,(H,21,22,23). The van der Waals surface area contributed by atoms with Gasteiger partial charge in [-0.3, -0.25) is 0 Å². The predicted octanol–water partition coefficient (Wildman–Crippen LogP) is 4.31. The van der Waals surface area contributed by atoms with Crippen LogP contribution < -0.4 is 19.7 Å². The van der Waals surface area contributed by atoms with E-state index in [9.17, 15) is 0 Å². The number of anilines is 4. The number of ether oxygens (including phenoxy) is 2. The number of nitrogens with zero attached hydrogens (tertiary/aromatic N) is 3. The molecule has 3 aromatic rings. The summed E-state index contributed by atoms with van der Waals surface area (Å²) >= 11 is 0. The molecular formula is C20H22N4O2. The van der Waals surface area contributed by atoms with Crippen molar-refractivity contribution in [1.29, 1.82) is 0 Å². The van der Waals surface area contributed by atoms with Crippen molar-refractivity contribution in [2.75, 3.05) is 31.5 Å². The first-order valence-electron chi connectivity index (χ1n) is 8.24. The summed E-state index contributed by atoms with van der Waals surface area (Å²) in [6, 6.07) is 17.5. The molecule has 6 nitrogen and oxygen atoms in total. The summed E-state index contributed by atoms with van der Waals surface area (Å²) in [7, 11) is 5.24. The number of para-hydroxylation sites is 1. The second-order valence-electron chi connectivity index (χ2n) is 5.74. The number of methoxy groups -OCH3 is 2. The van der Waals surface area contributed by atoms with Gasteiger partial charge in [0.2, 0.25) is 0 Å². The van der Waals surface area contributed by atoms with Crippen LogP contribution in [0, 0.1) is 6.92 Å². The van der Waals surface area contributed by atoms with Gasteiger partial charge in [-0.1, -0.05) is 18.2 Å². The van der Waals surface area contributed by atoms with Gasteiger partial charge in [0.1, 0.15) is 29.0 Å². The Balaban J connectivity index is 1.94. The van der Waals surface area contributed by atoms with E-state index in [4.69, 9.17) is 9.47 Å². The fourth-order valence-electron chi connectivity index (χ4n) is 2.62. The van der Waals surface area contributed by atoms with E-state index in [1.165, 1.54) is 0 Å². The van der Waals surface area contributed by atoms with Crippen molar-refractivity contribution in [1.82, 2.24) is 9.97 Å². The van der Waals surface area contributed by atoms with Crippen molar-refractivity contribution in [3.05, 3.63) is 60.4 Å². The summed E-state index contributed by atoms with van der Waals surface area (Å²) in [6.07, 6.45) is 0. The van der Waals surface area contributed by atoms with E-state index in [-0.39, 0.29) is 0 Å². The fraction of sp³-hybridized carbons (Fsp3) is 0.200. The lowest BCUT2D eigenvalue weighted by Crippen LogP contribution is -2.13. The molecule has 3 rings (SSSR count). The quantitative estimate of drug-likeness (QED) is 0.715. The Hall–Kier alpha value is -3.28. The van der Waals surface area contributed by atoms with Crippen LogP contribution in [0.4, 0.5) is 23.0 Å². The Morgan fingerprint density at radius 3 is 2.38 bits per heavy atom. The van der Waals surface area contributed by atoms with Crippen LogP contribution in [-0.4, -0.2) is 31.2 Å². The third-order valence-electron chi connectivity index (χ3n) is 3.98. The summed E-state index contributed by atoms with van der Waals surface area (Å²) in [5.74, 6) is 3.60. The maximum absolute atomic E-state index is 5.42. The average molecular weight is 350 g/mol. The number of hydrogen-bond acceptors (Lipinski definition) is 6. The summed E-state index contributed by atoms with van der Waals surface area (Å²) in [6.45, 7) is 1.87. The Kier molecular flexibility index (Phi) is 5.22. The first-order valence-corrected chi connectivity index (χ1v) is 8.24. The minimum absolute atomic E-state index is 0.676. The molecule has 1 N–H and O–H groups in total. The molecule has 0 spiro atoms. The van der Waals surface area contributed by atoms with Crippen LogP contribution >= 0.6 is 0 Å². The van der Waals surface area contributed by atoms with Gasteiger partial charge in [0.25, 0.3) is 0 Å². The zero-order valence-electron chi connectivity index (χ0n) is 15.4. The van der Waals surface area contributed by atoms with E-state index in [1.807, 2.05) is 73.5 Å². The Morgan fingerprint density at radius 2 is 1.69 bits per heavy atom. The van der Waals surface area contributed by atoms with Gasteiger partial charge in [-0.05, 0) is 31.2 Å². The van der Waals surface area contributed by atoms with Crippen LogP contribution in [0.25, 0.3) is 0 Å². The molecule has 0 saturated heterocycles. The molecule has 0 aliphatic heterocycles. The number of benzene rings is 2. The summed E-state index contributed by atoms with van der Waals surface area (Å²) < 4.78 is 10.7. The highest BCUT2D eigenvalue weighted by atomic mass is 16.5. The Labute approximate surface area is 153 Å². The molecule has 0 radical (unpaired) electrons. The average Bonchev–Trinajstić information content (AvgIpc) is 2.67. The first-order chi connectivity index (χ1) is 12.6. The number of rotatable bonds is 6. The van der Waals surface area contributed by atoms with Crippen molar-refractivity contribution in [3.63, 3.8) is 0 Å². The Bertz CT molecular complexity index is 884. The van der Waals surface area contributed by atoms with Crippen molar-refractivity contribution in [3.8, 4) is 11.5 Å². The number of aryl methyl sites for hydroxylation is 1. The lowest BCUT2D eigenvalue weighted by Gasteiger charge is -2.20. The molecule has 0 aliphatic carbocycles. The van der Waals surface area contributed by atoms with Gasteiger partial charge >= 0.3 is 0 Å². The fourth-order valence-corrected chi connectivity index (χ4v) is 2.62. The highest BCUT2D eigenvalue weighted by Gasteiger charge is 2.11. The van der Waals surface area contributed by atoms with E-state index in [0.717, 1.165) is 22.9 Å². The van der Waals surface area contributed by atoms with Crippen LogP contribution in [0.3, 0.4) is 0 Å².